The summed E-state index contributed by atoms with van der Waals surface area (Å²) in [7, 11) is 1.63. The second kappa shape index (κ2) is 9.13. The molecule has 1 atom stereocenters. The maximum Gasteiger partial charge on any atom is 0.270 e. The fraction of sp³-hybridized carbons (Fsp3) is 0.545. The number of methoxy groups -OCH3 is 1. The summed E-state index contributed by atoms with van der Waals surface area (Å²) in [6, 6.07) is 7.64. The highest BCUT2D eigenvalue weighted by Crippen LogP contribution is 2.27. The molecular weight excluding hydrogens is 354 g/mol. The smallest absolute Gasteiger partial charge is 0.270 e. The first-order valence-corrected chi connectivity index (χ1v) is 10.3. The zero-order valence-electron chi connectivity index (χ0n) is 17.1. The van der Waals surface area contributed by atoms with Crippen molar-refractivity contribution in [3.63, 3.8) is 0 Å². The highest BCUT2D eigenvalue weighted by molar-refractivity contribution is 5.98. The van der Waals surface area contributed by atoms with Gasteiger partial charge in [-0.3, -0.25) is 9.59 Å². The van der Waals surface area contributed by atoms with Gasteiger partial charge >= 0.3 is 0 Å². The zero-order chi connectivity index (χ0) is 20.1. The van der Waals surface area contributed by atoms with Crippen LogP contribution in [-0.2, 0) is 4.79 Å². The molecule has 152 valence electrons. The lowest BCUT2D eigenvalue weighted by Gasteiger charge is -2.34. The van der Waals surface area contributed by atoms with Crippen molar-refractivity contribution < 1.29 is 14.3 Å². The topological polar surface area (TPSA) is 74.4 Å². The van der Waals surface area contributed by atoms with E-state index in [9.17, 15) is 9.59 Å². The van der Waals surface area contributed by atoms with Crippen LogP contribution in [0.2, 0.25) is 0 Å². The fourth-order valence-corrected chi connectivity index (χ4v) is 3.88. The van der Waals surface area contributed by atoms with Crippen molar-refractivity contribution in [2.24, 2.45) is 11.8 Å². The quantitative estimate of drug-likeness (QED) is 0.716. The molecule has 2 heterocycles. The minimum atomic E-state index is -0.00495. The van der Waals surface area contributed by atoms with Crippen molar-refractivity contribution >= 4 is 22.7 Å². The van der Waals surface area contributed by atoms with E-state index in [1.807, 2.05) is 36.1 Å². The molecule has 1 aliphatic rings. The third-order valence-corrected chi connectivity index (χ3v) is 5.84. The largest absolute Gasteiger partial charge is 0.497 e. The van der Waals surface area contributed by atoms with Crippen LogP contribution in [0.5, 0.6) is 5.75 Å². The molecule has 6 nitrogen and oxygen atoms in total. The second-order valence-electron chi connectivity index (χ2n) is 7.70. The Kier molecular flexibility index (Phi) is 6.60. The molecule has 6 heteroatoms. The third-order valence-electron chi connectivity index (χ3n) is 5.84. The summed E-state index contributed by atoms with van der Waals surface area (Å²) in [5.41, 5.74) is 1.50. The van der Waals surface area contributed by atoms with Gasteiger partial charge in [0.25, 0.3) is 5.91 Å². The Morgan fingerprint density at radius 2 is 2.04 bits per heavy atom. The van der Waals surface area contributed by atoms with Gasteiger partial charge in [0.1, 0.15) is 11.4 Å². The Bertz CT molecular complexity index is 822. The molecule has 1 fully saturated rings. The number of piperidine rings is 1. The minimum absolute atomic E-state index is 0.00495. The second-order valence-corrected chi connectivity index (χ2v) is 7.70. The Morgan fingerprint density at radius 1 is 1.29 bits per heavy atom. The van der Waals surface area contributed by atoms with Crippen LogP contribution >= 0.6 is 0 Å². The molecule has 0 radical (unpaired) electrons. The van der Waals surface area contributed by atoms with Gasteiger partial charge in [0.15, 0.2) is 0 Å². The van der Waals surface area contributed by atoms with E-state index in [1.165, 1.54) is 0 Å². The maximum absolute atomic E-state index is 12.9. The molecule has 2 amide bonds. The molecule has 3 rings (SSSR count). The van der Waals surface area contributed by atoms with Crippen molar-refractivity contribution in [2.45, 2.75) is 39.5 Å². The molecular formula is C22H31N3O3. The van der Waals surface area contributed by atoms with Gasteiger partial charge < -0.3 is 19.9 Å². The zero-order valence-corrected chi connectivity index (χ0v) is 17.1. The molecule has 0 spiro atoms. The van der Waals surface area contributed by atoms with E-state index in [2.05, 4.69) is 17.2 Å². The SMILES string of the molecule is CCCCNC(=O)C(C)C1CCN(C(=O)c2cc3ccc(OC)cc3[nH]2)CC1. The van der Waals surface area contributed by atoms with E-state index < -0.39 is 0 Å². The van der Waals surface area contributed by atoms with Crippen LogP contribution in [0, 0.1) is 11.8 Å². The number of ether oxygens (including phenoxy) is 1. The molecule has 2 N–H and O–H groups in total. The first-order valence-electron chi connectivity index (χ1n) is 10.3. The molecule has 0 aliphatic carbocycles. The average molecular weight is 386 g/mol. The van der Waals surface area contributed by atoms with Crippen molar-refractivity contribution in [1.29, 1.82) is 0 Å². The van der Waals surface area contributed by atoms with Crippen LogP contribution in [-0.4, -0.2) is 48.4 Å². The van der Waals surface area contributed by atoms with Crippen molar-refractivity contribution in [3.8, 4) is 5.75 Å². The number of fused-ring (bicyclic) bond motifs is 1. The predicted octanol–water partition coefficient (Wildman–Crippen LogP) is 3.58. The lowest BCUT2D eigenvalue weighted by molar-refractivity contribution is -0.126. The number of aromatic amines is 1. The standard InChI is InChI=1S/C22H31N3O3/c1-4-5-10-23-21(26)15(2)16-8-11-25(12-9-16)22(27)20-13-17-6-7-18(28-3)14-19(17)24-20/h6-7,13-16,24H,4-5,8-12H2,1-3H3,(H,23,26). The molecule has 0 bridgehead atoms. The van der Waals surface area contributed by atoms with Crippen molar-refractivity contribution in [3.05, 3.63) is 30.0 Å². The number of aromatic nitrogens is 1. The average Bonchev–Trinajstić information content (AvgIpc) is 3.16. The van der Waals surface area contributed by atoms with Crippen LogP contribution in [0.25, 0.3) is 10.9 Å². The summed E-state index contributed by atoms with van der Waals surface area (Å²) in [6.45, 7) is 6.26. The van der Waals surface area contributed by atoms with Crippen molar-refractivity contribution in [1.82, 2.24) is 15.2 Å². The lowest BCUT2D eigenvalue weighted by Crippen LogP contribution is -2.42. The third kappa shape index (κ3) is 4.49. The van der Waals surface area contributed by atoms with Gasteiger partial charge in [0.2, 0.25) is 5.91 Å². The number of nitrogens with one attached hydrogen (secondary N) is 2. The molecule has 1 aliphatic heterocycles. The van der Waals surface area contributed by atoms with Gasteiger partial charge in [-0.15, -0.1) is 0 Å². The van der Waals surface area contributed by atoms with Gasteiger partial charge in [0.05, 0.1) is 7.11 Å². The van der Waals surface area contributed by atoms with E-state index in [-0.39, 0.29) is 17.7 Å². The van der Waals surface area contributed by atoms with Crippen LogP contribution in [0.1, 0.15) is 50.0 Å². The van der Waals surface area contributed by atoms with E-state index in [0.29, 0.717) is 24.7 Å². The van der Waals surface area contributed by atoms with Gasteiger partial charge in [-0.2, -0.15) is 0 Å². The number of carbonyl (C=O) groups excluding carboxylic acids is 2. The predicted molar refractivity (Wildman–Crippen MR) is 111 cm³/mol. The Balaban J connectivity index is 1.57. The normalized spacial score (nSPS) is 16.2. The van der Waals surface area contributed by atoms with E-state index in [1.54, 1.807) is 7.11 Å². The number of carbonyl (C=O) groups is 2. The fourth-order valence-electron chi connectivity index (χ4n) is 3.88. The van der Waals surface area contributed by atoms with Gasteiger partial charge in [-0.25, -0.2) is 0 Å². The first-order chi connectivity index (χ1) is 13.5. The lowest BCUT2D eigenvalue weighted by atomic mass is 9.84. The summed E-state index contributed by atoms with van der Waals surface area (Å²) in [4.78, 5) is 30.3. The monoisotopic (exact) mass is 385 g/mol. The number of rotatable bonds is 7. The highest BCUT2D eigenvalue weighted by Gasteiger charge is 2.30. The molecule has 2 aromatic rings. The van der Waals surface area contributed by atoms with E-state index in [0.717, 1.165) is 48.9 Å². The molecule has 1 saturated heterocycles. The number of unbranched alkanes of at least 4 members (excludes halogenated alkanes) is 1. The van der Waals surface area contributed by atoms with Crippen LogP contribution in [0.4, 0.5) is 0 Å². The van der Waals surface area contributed by atoms with E-state index in [4.69, 9.17) is 4.74 Å². The Labute approximate surface area is 166 Å². The molecule has 1 unspecified atom stereocenters. The highest BCUT2D eigenvalue weighted by atomic mass is 16.5. The molecule has 1 aromatic carbocycles. The van der Waals surface area contributed by atoms with Gasteiger partial charge in [-0.05, 0) is 43.4 Å². The number of hydrogen-bond donors (Lipinski definition) is 2. The molecule has 1 aromatic heterocycles. The summed E-state index contributed by atoms with van der Waals surface area (Å²) in [6.07, 6.45) is 3.82. The number of nitrogens with zero attached hydrogens (tertiary/aromatic N) is 1. The molecule has 28 heavy (non-hydrogen) atoms. The number of H-pyrrole nitrogens is 1. The van der Waals surface area contributed by atoms with Gasteiger partial charge in [-0.1, -0.05) is 20.3 Å². The van der Waals surface area contributed by atoms with E-state index >= 15 is 0 Å². The Hall–Kier alpha value is -2.50. The van der Waals surface area contributed by atoms with Gasteiger partial charge in [0, 0.05) is 42.5 Å². The van der Waals surface area contributed by atoms with Crippen LogP contribution in [0.15, 0.2) is 24.3 Å². The number of benzene rings is 1. The number of likely N-dealkylation sites (tertiary alicyclic amines) is 1. The summed E-state index contributed by atoms with van der Waals surface area (Å²) in [5.74, 6) is 1.25. The summed E-state index contributed by atoms with van der Waals surface area (Å²) >= 11 is 0. The Morgan fingerprint density at radius 3 is 2.71 bits per heavy atom. The summed E-state index contributed by atoms with van der Waals surface area (Å²) < 4.78 is 5.24. The maximum atomic E-state index is 12.9. The summed E-state index contributed by atoms with van der Waals surface area (Å²) in [5, 5.41) is 4.03. The molecule has 0 saturated carbocycles. The number of amides is 2. The van der Waals surface area contributed by atoms with Crippen LogP contribution in [0.3, 0.4) is 0 Å². The van der Waals surface area contributed by atoms with Crippen molar-refractivity contribution in [2.75, 3.05) is 26.7 Å². The minimum Gasteiger partial charge on any atom is -0.497 e. The number of hydrogen-bond acceptors (Lipinski definition) is 3. The van der Waals surface area contributed by atoms with Crippen LogP contribution < -0.4 is 10.1 Å². The first kappa shape index (κ1) is 20.2.